The molecule has 0 spiro atoms. The number of aliphatic carboxylic acids is 1. The Hall–Kier alpha value is -2.24. The number of rotatable bonds is 4. The lowest BCUT2D eigenvalue weighted by Crippen LogP contribution is -2.36. The van der Waals surface area contributed by atoms with E-state index in [0.29, 0.717) is 5.69 Å². The Morgan fingerprint density at radius 3 is 2.40 bits per heavy atom. The minimum Gasteiger partial charge on any atom is -0.481 e. The van der Waals surface area contributed by atoms with E-state index in [0.717, 1.165) is 10.8 Å². The molecule has 0 saturated heterocycles. The molecule has 2 N–H and O–H groups in total. The molecule has 0 radical (unpaired) electrons. The fourth-order valence-corrected chi connectivity index (χ4v) is 1.86. The standard InChI is InChI=1S/C14H12F3NO2/c15-14(16,17)12(13(19)20)8-18-11-6-5-9-3-1-2-4-10(9)7-11/h1-7,12,18H,8H2,(H,19,20). The van der Waals surface area contributed by atoms with Gasteiger partial charge in [0.25, 0.3) is 0 Å². The molecule has 2 aromatic carbocycles. The van der Waals surface area contributed by atoms with Crippen LogP contribution in [0.25, 0.3) is 10.8 Å². The van der Waals surface area contributed by atoms with Crippen molar-refractivity contribution < 1.29 is 23.1 Å². The van der Waals surface area contributed by atoms with Crippen LogP contribution in [0.2, 0.25) is 0 Å². The zero-order chi connectivity index (χ0) is 14.8. The highest BCUT2D eigenvalue weighted by Crippen LogP contribution is 2.27. The maximum Gasteiger partial charge on any atom is 0.403 e. The second-order valence-electron chi connectivity index (χ2n) is 4.38. The SMILES string of the molecule is O=C(O)C(CNc1ccc2ccccc2c1)C(F)(F)F. The Labute approximate surface area is 113 Å². The molecule has 0 fully saturated rings. The van der Waals surface area contributed by atoms with Gasteiger partial charge in [0.15, 0.2) is 5.92 Å². The van der Waals surface area contributed by atoms with Crippen molar-refractivity contribution in [2.24, 2.45) is 5.92 Å². The van der Waals surface area contributed by atoms with Gasteiger partial charge in [-0.2, -0.15) is 13.2 Å². The lowest BCUT2D eigenvalue weighted by molar-refractivity contribution is -0.190. The van der Waals surface area contributed by atoms with Crippen LogP contribution in [-0.4, -0.2) is 23.8 Å². The van der Waals surface area contributed by atoms with Crippen LogP contribution in [0, 0.1) is 5.92 Å². The van der Waals surface area contributed by atoms with Crippen molar-refractivity contribution >= 4 is 22.4 Å². The van der Waals surface area contributed by atoms with Crippen molar-refractivity contribution in [3.05, 3.63) is 42.5 Å². The van der Waals surface area contributed by atoms with Crippen LogP contribution in [0.4, 0.5) is 18.9 Å². The molecule has 106 valence electrons. The van der Waals surface area contributed by atoms with E-state index in [2.05, 4.69) is 5.32 Å². The fourth-order valence-electron chi connectivity index (χ4n) is 1.86. The van der Waals surface area contributed by atoms with Crippen LogP contribution in [-0.2, 0) is 4.79 Å². The average molecular weight is 283 g/mol. The largest absolute Gasteiger partial charge is 0.481 e. The van der Waals surface area contributed by atoms with E-state index in [9.17, 15) is 18.0 Å². The van der Waals surface area contributed by atoms with Crippen LogP contribution in [0.5, 0.6) is 0 Å². The van der Waals surface area contributed by atoms with Gasteiger partial charge in [-0.15, -0.1) is 0 Å². The molecule has 2 aromatic rings. The van der Waals surface area contributed by atoms with Crippen molar-refractivity contribution in [2.75, 3.05) is 11.9 Å². The number of carboxylic acids is 1. The molecule has 0 aliphatic rings. The van der Waals surface area contributed by atoms with Gasteiger partial charge in [0.05, 0.1) is 0 Å². The molecule has 0 bridgehead atoms. The monoisotopic (exact) mass is 283 g/mol. The average Bonchev–Trinajstić information content (AvgIpc) is 2.36. The van der Waals surface area contributed by atoms with Gasteiger partial charge in [0, 0.05) is 12.2 Å². The number of benzene rings is 2. The van der Waals surface area contributed by atoms with Gasteiger partial charge in [-0.25, -0.2) is 0 Å². The van der Waals surface area contributed by atoms with Crippen LogP contribution in [0.15, 0.2) is 42.5 Å². The molecule has 2 rings (SSSR count). The molecule has 0 amide bonds. The summed E-state index contributed by atoms with van der Waals surface area (Å²) in [5.74, 6) is -4.31. The lowest BCUT2D eigenvalue weighted by Gasteiger charge is -2.17. The third-order valence-corrected chi connectivity index (χ3v) is 2.95. The molecule has 3 nitrogen and oxygen atoms in total. The van der Waals surface area contributed by atoms with Crippen molar-refractivity contribution in [3.8, 4) is 0 Å². The van der Waals surface area contributed by atoms with Gasteiger partial charge >= 0.3 is 12.1 Å². The van der Waals surface area contributed by atoms with E-state index in [1.807, 2.05) is 24.3 Å². The summed E-state index contributed by atoms with van der Waals surface area (Å²) in [6, 6.07) is 12.5. The first-order chi connectivity index (χ1) is 9.38. The molecular weight excluding hydrogens is 271 g/mol. The second-order valence-corrected chi connectivity index (χ2v) is 4.38. The van der Waals surface area contributed by atoms with Crippen LogP contribution in [0.3, 0.4) is 0 Å². The summed E-state index contributed by atoms with van der Waals surface area (Å²) in [6.07, 6.45) is -4.77. The van der Waals surface area contributed by atoms with Gasteiger partial charge in [-0.1, -0.05) is 30.3 Å². The molecule has 20 heavy (non-hydrogen) atoms. The van der Waals surface area contributed by atoms with Crippen LogP contribution >= 0.6 is 0 Å². The van der Waals surface area contributed by atoms with Crippen molar-refractivity contribution in [1.29, 1.82) is 0 Å². The predicted molar refractivity (Wildman–Crippen MR) is 69.6 cm³/mol. The quantitative estimate of drug-likeness (QED) is 0.902. The number of carboxylic acid groups (broad SMARTS) is 1. The topological polar surface area (TPSA) is 49.3 Å². The number of fused-ring (bicyclic) bond motifs is 1. The molecule has 0 saturated carbocycles. The predicted octanol–water partition coefficient (Wildman–Crippen LogP) is 3.51. The summed E-state index contributed by atoms with van der Waals surface area (Å²) in [6.45, 7) is -0.697. The molecule has 0 aliphatic carbocycles. The van der Waals surface area contributed by atoms with E-state index in [1.165, 1.54) is 0 Å². The Balaban J connectivity index is 2.14. The highest BCUT2D eigenvalue weighted by molar-refractivity contribution is 5.85. The van der Waals surface area contributed by atoms with Crippen molar-refractivity contribution in [2.45, 2.75) is 6.18 Å². The number of halogens is 3. The van der Waals surface area contributed by atoms with Crippen molar-refractivity contribution in [1.82, 2.24) is 0 Å². The normalized spacial score (nSPS) is 13.2. The zero-order valence-electron chi connectivity index (χ0n) is 10.3. The van der Waals surface area contributed by atoms with Gasteiger partial charge in [-0.3, -0.25) is 4.79 Å². The first-order valence-corrected chi connectivity index (χ1v) is 5.90. The summed E-state index contributed by atoms with van der Waals surface area (Å²) in [5.41, 5.74) is 0.458. The molecule has 0 aliphatic heterocycles. The maximum absolute atomic E-state index is 12.5. The molecule has 6 heteroatoms. The van der Waals surface area contributed by atoms with E-state index in [4.69, 9.17) is 5.11 Å². The number of hydrogen-bond donors (Lipinski definition) is 2. The molecule has 0 aromatic heterocycles. The minimum atomic E-state index is -4.77. The number of anilines is 1. The summed E-state index contributed by atoms with van der Waals surface area (Å²) in [7, 11) is 0. The van der Waals surface area contributed by atoms with E-state index in [1.54, 1.807) is 18.2 Å². The molecule has 1 atom stereocenters. The highest BCUT2D eigenvalue weighted by Gasteiger charge is 2.44. The number of alkyl halides is 3. The van der Waals surface area contributed by atoms with Crippen LogP contribution < -0.4 is 5.32 Å². The Morgan fingerprint density at radius 2 is 1.80 bits per heavy atom. The summed E-state index contributed by atoms with van der Waals surface area (Å²) < 4.78 is 37.5. The zero-order valence-corrected chi connectivity index (χ0v) is 10.3. The van der Waals surface area contributed by atoms with E-state index >= 15 is 0 Å². The lowest BCUT2D eigenvalue weighted by atomic mass is 10.1. The van der Waals surface area contributed by atoms with E-state index in [-0.39, 0.29) is 0 Å². The van der Waals surface area contributed by atoms with Gasteiger partial charge in [-0.05, 0) is 22.9 Å². The number of nitrogens with one attached hydrogen (secondary N) is 1. The Morgan fingerprint density at radius 1 is 1.15 bits per heavy atom. The third-order valence-electron chi connectivity index (χ3n) is 2.95. The number of hydrogen-bond acceptors (Lipinski definition) is 2. The van der Waals surface area contributed by atoms with Gasteiger partial charge in [0.2, 0.25) is 0 Å². The molecule has 0 heterocycles. The summed E-state index contributed by atoms with van der Waals surface area (Å²) in [4.78, 5) is 10.6. The summed E-state index contributed by atoms with van der Waals surface area (Å²) in [5, 5.41) is 13.0. The first-order valence-electron chi connectivity index (χ1n) is 5.90. The minimum absolute atomic E-state index is 0.458. The summed E-state index contributed by atoms with van der Waals surface area (Å²) >= 11 is 0. The van der Waals surface area contributed by atoms with Crippen LogP contribution in [0.1, 0.15) is 0 Å². The highest BCUT2D eigenvalue weighted by atomic mass is 19.4. The number of carbonyl (C=O) groups is 1. The third kappa shape index (κ3) is 3.20. The molecule has 1 unspecified atom stereocenters. The van der Waals surface area contributed by atoms with Gasteiger partial charge in [0.1, 0.15) is 0 Å². The smallest absolute Gasteiger partial charge is 0.403 e. The van der Waals surface area contributed by atoms with Crippen molar-refractivity contribution in [3.63, 3.8) is 0 Å². The van der Waals surface area contributed by atoms with Gasteiger partial charge < -0.3 is 10.4 Å². The first kappa shape index (κ1) is 14.2. The van der Waals surface area contributed by atoms with E-state index < -0.39 is 24.6 Å². The maximum atomic E-state index is 12.5. The Bertz CT molecular complexity index is 625. The Kier molecular flexibility index (Phi) is 3.83. The second kappa shape index (κ2) is 5.40. The molecular formula is C14H12F3NO2. The fraction of sp³-hybridized carbons (Fsp3) is 0.214.